The molecular formula is C26H31NO3. The molecule has 1 aliphatic carbocycles. The Hall–Kier alpha value is -2.88. The number of rotatable bonds is 12. The molecule has 30 heavy (non-hydrogen) atoms. The number of aryl methyl sites for hydroxylation is 1. The third-order valence-electron chi connectivity index (χ3n) is 5.36. The first kappa shape index (κ1) is 21.8. The predicted molar refractivity (Wildman–Crippen MR) is 121 cm³/mol. The third kappa shape index (κ3) is 6.06. The number of allylic oxidation sites excluding steroid dienone is 1. The molecule has 0 amide bonds. The van der Waals surface area contributed by atoms with Crippen molar-refractivity contribution in [3.63, 3.8) is 0 Å². The van der Waals surface area contributed by atoms with Crippen LogP contribution in [0.5, 0.6) is 5.75 Å². The van der Waals surface area contributed by atoms with E-state index in [1.165, 1.54) is 30.9 Å². The van der Waals surface area contributed by atoms with E-state index in [9.17, 15) is 9.59 Å². The zero-order valence-corrected chi connectivity index (χ0v) is 17.8. The highest BCUT2D eigenvalue weighted by Gasteiger charge is 2.24. The average Bonchev–Trinajstić information content (AvgIpc) is 2.77. The van der Waals surface area contributed by atoms with Crippen LogP contribution >= 0.6 is 0 Å². The first-order chi connectivity index (χ1) is 14.7. The Kier molecular flexibility index (Phi) is 8.25. The van der Waals surface area contributed by atoms with E-state index in [0.29, 0.717) is 5.56 Å². The summed E-state index contributed by atoms with van der Waals surface area (Å²) in [5.41, 5.74) is 3.35. The molecule has 0 saturated carbocycles. The summed E-state index contributed by atoms with van der Waals surface area (Å²) in [6, 6.07) is 15.7. The molecule has 0 bridgehead atoms. The van der Waals surface area contributed by atoms with Gasteiger partial charge in [-0.15, -0.1) is 0 Å². The Morgan fingerprint density at radius 1 is 0.833 bits per heavy atom. The molecule has 1 N–H and O–H groups in total. The topological polar surface area (TPSA) is 55.4 Å². The first-order valence-electron chi connectivity index (χ1n) is 11.0. The maximum absolute atomic E-state index is 12.0. The van der Waals surface area contributed by atoms with Gasteiger partial charge in [0.2, 0.25) is 11.6 Å². The van der Waals surface area contributed by atoms with E-state index >= 15 is 0 Å². The van der Waals surface area contributed by atoms with E-state index in [0.717, 1.165) is 55.8 Å². The van der Waals surface area contributed by atoms with E-state index in [2.05, 4.69) is 36.5 Å². The van der Waals surface area contributed by atoms with Crippen LogP contribution in [0.3, 0.4) is 0 Å². The fraction of sp³-hybridized carbons (Fsp3) is 0.385. The molecule has 0 radical (unpaired) electrons. The van der Waals surface area contributed by atoms with E-state index in [1.807, 2.05) is 12.1 Å². The normalized spacial score (nSPS) is 13.0. The van der Waals surface area contributed by atoms with Gasteiger partial charge in [0.05, 0.1) is 6.61 Å². The summed E-state index contributed by atoms with van der Waals surface area (Å²) in [4.78, 5) is 23.9. The lowest BCUT2D eigenvalue weighted by Crippen LogP contribution is -2.25. The van der Waals surface area contributed by atoms with Crippen molar-refractivity contribution in [3.8, 4) is 5.75 Å². The minimum absolute atomic E-state index is 0.426. The van der Waals surface area contributed by atoms with Crippen molar-refractivity contribution in [2.75, 3.05) is 13.2 Å². The van der Waals surface area contributed by atoms with Gasteiger partial charge in [-0.25, -0.2) is 0 Å². The molecule has 3 rings (SSSR count). The monoisotopic (exact) mass is 405 g/mol. The average molecular weight is 406 g/mol. The summed E-state index contributed by atoms with van der Waals surface area (Å²) < 4.78 is 5.79. The molecule has 0 aromatic heterocycles. The van der Waals surface area contributed by atoms with Gasteiger partial charge in [-0.05, 0) is 43.4 Å². The highest BCUT2D eigenvalue weighted by atomic mass is 16.5. The van der Waals surface area contributed by atoms with Gasteiger partial charge in [0.15, 0.2) is 0 Å². The van der Waals surface area contributed by atoms with Crippen molar-refractivity contribution in [1.29, 1.82) is 0 Å². The Balaban J connectivity index is 1.38. The fourth-order valence-corrected chi connectivity index (χ4v) is 3.62. The molecular weight excluding hydrogens is 374 g/mol. The van der Waals surface area contributed by atoms with Gasteiger partial charge in [0.1, 0.15) is 5.75 Å². The fourth-order valence-electron chi connectivity index (χ4n) is 3.62. The summed E-state index contributed by atoms with van der Waals surface area (Å²) in [5.74, 6) is 0.0624. The Morgan fingerprint density at radius 3 is 2.37 bits per heavy atom. The van der Waals surface area contributed by atoms with Gasteiger partial charge in [0, 0.05) is 29.4 Å². The van der Waals surface area contributed by atoms with Crippen molar-refractivity contribution in [2.24, 2.45) is 0 Å². The summed E-state index contributed by atoms with van der Waals surface area (Å²) >= 11 is 0. The molecule has 0 atom stereocenters. The molecule has 0 aliphatic heterocycles. The molecule has 4 nitrogen and oxygen atoms in total. The van der Waals surface area contributed by atoms with Crippen LogP contribution in [-0.2, 0) is 11.2 Å². The van der Waals surface area contributed by atoms with Crippen LogP contribution in [0, 0.1) is 0 Å². The second-order valence-electron chi connectivity index (χ2n) is 7.73. The van der Waals surface area contributed by atoms with Crippen LogP contribution in [0.4, 0.5) is 0 Å². The molecule has 2 aromatic rings. The van der Waals surface area contributed by atoms with Crippen molar-refractivity contribution in [3.05, 3.63) is 71.3 Å². The summed E-state index contributed by atoms with van der Waals surface area (Å²) in [6.07, 6.45) is 9.32. The van der Waals surface area contributed by atoms with Crippen LogP contribution in [0.15, 0.2) is 54.6 Å². The van der Waals surface area contributed by atoms with Crippen LogP contribution in [-0.4, -0.2) is 24.7 Å². The number of carbonyl (C=O) groups is 2. The zero-order valence-electron chi connectivity index (χ0n) is 17.8. The summed E-state index contributed by atoms with van der Waals surface area (Å²) in [6.45, 7) is 3.77. The molecule has 0 saturated heterocycles. The lowest BCUT2D eigenvalue weighted by Gasteiger charge is -2.17. The van der Waals surface area contributed by atoms with Gasteiger partial charge in [-0.2, -0.15) is 0 Å². The first-order valence-corrected chi connectivity index (χ1v) is 11.0. The standard InChI is InChI=1S/C26H31NO3/c1-2-3-4-9-18-30-21-15-13-20(14-16-21)10-7-8-17-27-24-19-25(28)26(29)23-12-6-5-11-22(23)24/h5-6,11-16,19,27H,2-4,7-10,17-18H2,1H3. The maximum atomic E-state index is 12.0. The SMILES string of the molecule is CCCCCCOc1ccc(CCCCNC2=CC(=O)C(=O)c3ccccc32)cc1. The van der Waals surface area contributed by atoms with Crippen molar-refractivity contribution in [1.82, 2.24) is 5.32 Å². The molecule has 4 heteroatoms. The lowest BCUT2D eigenvalue weighted by molar-refractivity contribution is -0.111. The van der Waals surface area contributed by atoms with Gasteiger partial charge >= 0.3 is 0 Å². The Labute approximate surface area is 179 Å². The van der Waals surface area contributed by atoms with Crippen LogP contribution in [0.1, 0.15) is 66.9 Å². The number of nitrogens with one attached hydrogen (secondary N) is 1. The molecule has 0 heterocycles. The van der Waals surface area contributed by atoms with Crippen LogP contribution < -0.4 is 10.1 Å². The summed E-state index contributed by atoms with van der Waals surface area (Å²) in [7, 11) is 0. The van der Waals surface area contributed by atoms with Gasteiger partial charge < -0.3 is 10.1 Å². The summed E-state index contributed by atoms with van der Waals surface area (Å²) in [5, 5.41) is 3.33. The number of ketones is 2. The Morgan fingerprint density at radius 2 is 1.60 bits per heavy atom. The number of Topliss-reactive ketones (excluding diaryl/α,β-unsaturated/α-hetero) is 1. The second kappa shape index (κ2) is 11.3. The molecule has 1 aliphatic rings. The van der Waals surface area contributed by atoms with Gasteiger partial charge in [-0.1, -0.05) is 62.6 Å². The molecule has 2 aromatic carbocycles. The predicted octanol–water partition coefficient (Wildman–Crippen LogP) is 5.36. The van der Waals surface area contributed by atoms with E-state index in [4.69, 9.17) is 4.74 Å². The second-order valence-corrected chi connectivity index (χ2v) is 7.73. The quantitative estimate of drug-likeness (QED) is 0.381. The number of benzene rings is 2. The van der Waals surface area contributed by atoms with Gasteiger partial charge in [-0.3, -0.25) is 9.59 Å². The number of fused-ring (bicyclic) bond motifs is 1. The van der Waals surface area contributed by atoms with Crippen molar-refractivity contribution < 1.29 is 14.3 Å². The smallest absolute Gasteiger partial charge is 0.233 e. The minimum Gasteiger partial charge on any atom is -0.494 e. The third-order valence-corrected chi connectivity index (χ3v) is 5.36. The highest BCUT2D eigenvalue weighted by Crippen LogP contribution is 2.23. The van der Waals surface area contributed by atoms with Crippen LogP contribution in [0.2, 0.25) is 0 Å². The Bertz CT molecular complexity index is 883. The van der Waals surface area contributed by atoms with Crippen molar-refractivity contribution in [2.45, 2.75) is 51.9 Å². The zero-order chi connectivity index (χ0) is 21.2. The highest BCUT2D eigenvalue weighted by molar-refractivity contribution is 6.50. The van der Waals surface area contributed by atoms with Crippen LogP contribution in [0.25, 0.3) is 5.70 Å². The minimum atomic E-state index is -0.455. The number of hydrogen-bond acceptors (Lipinski definition) is 4. The number of unbranched alkanes of at least 4 members (excludes halogenated alkanes) is 4. The number of carbonyl (C=O) groups excluding carboxylic acids is 2. The van der Waals surface area contributed by atoms with E-state index in [-0.39, 0.29) is 0 Å². The molecule has 158 valence electrons. The van der Waals surface area contributed by atoms with E-state index in [1.54, 1.807) is 12.1 Å². The van der Waals surface area contributed by atoms with Crippen molar-refractivity contribution >= 4 is 17.3 Å². The van der Waals surface area contributed by atoms with Gasteiger partial charge in [0.25, 0.3) is 0 Å². The number of hydrogen-bond donors (Lipinski definition) is 1. The maximum Gasteiger partial charge on any atom is 0.233 e. The largest absolute Gasteiger partial charge is 0.494 e. The lowest BCUT2D eigenvalue weighted by atomic mass is 9.93. The molecule has 0 fully saturated rings. The number of ether oxygens (including phenoxy) is 1. The molecule has 0 unspecified atom stereocenters. The molecule has 0 spiro atoms. The van der Waals surface area contributed by atoms with E-state index < -0.39 is 11.6 Å².